The van der Waals surface area contributed by atoms with E-state index < -0.39 is 35.7 Å². The number of nitrogens with one attached hydrogen (secondary N) is 3. The Kier molecular flexibility index (Phi) is 10.8. The average Bonchev–Trinajstić information content (AvgIpc) is 3.96. The highest BCUT2D eigenvalue weighted by Gasteiger charge is 2.61. The molecule has 0 spiro atoms. The fraction of sp³-hybridized carbons (Fsp3) is 0.463. The van der Waals surface area contributed by atoms with E-state index in [9.17, 15) is 23.6 Å². The molecule has 4 heterocycles. The maximum atomic E-state index is 14.7. The number of allylic oxidation sites excluding steroid dienone is 1. The summed E-state index contributed by atoms with van der Waals surface area (Å²) in [6.45, 7) is 2.25. The van der Waals surface area contributed by atoms with Crippen LogP contribution in [0.4, 0.5) is 14.3 Å². The van der Waals surface area contributed by atoms with Crippen molar-refractivity contribution in [2.45, 2.75) is 107 Å². The number of hydrogen-bond acceptors (Lipinski definition) is 8. The van der Waals surface area contributed by atoms with Gasteiger partial charge >= 0.3 is 6.09 Å². The summed E-state index contributed by atoms with van der Waals surface area (Å²) in [6, 6.07) is 12.9. The molecule has 3 aliphatic heterocycles. The van der Waals surface area contributed by atoms with Crippen LogP contribution in [0, 0.1) is 11.7 Å². The molecule has 2 aromatic carbocycles. The Balaban J connectivity index is 1.05. The van der Waals surface area contributed by atoms with Crippen LogP contribution in [0.25, 0.3) is 11.3 Å². The Labute approximate surface area is 327 Å². The molecule has 1 unspecified atom stereocenters. The van der Waals surface area contributed by atoms with Crippen LogP contribution < -0.4 is 15.4 Å². The van der Waals surface area contributed by atoms with E-state index in [1.165, 1.54) is 27.2 Å². The molecule has 1 aromatic heterocycles. The number of halogens is 1. The number of benzene rings is 2. The molecule has 3 aromatic rings. The molecule has 5 aliphatic rings. The van der Waals surface area contributed by atoms with Crippen LogP contribution in [0.1, 0.15) is 75.8 Å². The highest BCUT2D eigenvalue weighted by molar-refractivity contribution is 8.14. The molecule has 290 valence electrons. The van der Waals surface area contributed by atoms with Gasteiger partial charge in [0.2, 0.25) is 11.8 Å². The molecule has 2 aliphatic carbocycles. The fourth-order valence-corrected chi connectivity index (χ4v) is 10.5. The number of nitrogens with zero attached hydrogens (tertiary/aromatic N) is 3. The van der Waals surface area contributed by atoms with Crippen molar-refractivity contribution in [3.05, 3.63) is 83.0 Å². The summed E-state index contributed by atoms with van der Waals surface area (Å²) in [5, 5.41) is 11.5. The summed E-state index contributed by atoms with van der Waals surface area (Å²) in [6.07, 6.45) is 9.36. The summed E-state index contributed by atoms with van der Waals surface area (Å²) in [7, 11) is -0.385. The summed E-state index contributed by atoms with van der Waals surface area (Å²) in [5.41, 5.74) is 1.82. The number of carbonyl (C=O) groups is 4. The molecule has 0 radical (unpaired) electrons. The van der Waals surface area contributed by atoms with Crippen molar-refractivity contribution < 1.29 is 28.3 Å². The monoisotopic (exact) mass is 786 g/mol. The first-order valence-corrected chi connectivity index (χ1v) is 21.6. The zero-order valence-electron chi connectivity index (χ0n) is 30.9. The van der Waals surface area contributed by atoms with E-state index in [-0.39, 0.29) is 60.3 Å². The van der Waals surface area contributed by atoms with E-state index in [2.05, 4.69) is 27.5 Å². The Morgan fingerprint density at radius 3 is 2.69 bits per heavy atom. The minimum atomic E-state index is -1.13. The van der Waals surface area contributed by atoms with Gasteiger partial charge in [-0.05, 0) is 62.4 Å². The molecule has 8 rings (SSSR count). The largest absolute Gasteiger partial charge is 0.444 e. The van der Waals surface area contributed by atoms with Gasteiger partial charge in [0.25, 0.3) is 5.91 Å². The maximum absolute atomic E-state index is 14.7. The third kappa shape index (κ3) is 8.07. The van der Waals surface area contributed by atoms with Gasteiger partial charge < -0.3 is 25.0 Å². The molecule has 14 heteroatoms. The first-order valence-electron chi connectivity index (χ1n) is 19.3. The van der Waals surface area contributed by atoms with Crippen molar-refractivity contribution in [2.75, 3.05) is 11.9 Å². The highest BCUT2D eigenvalue weighted by atomic mass is 32.2. The van der Waals surface area contributed by atoms with E-state index in [0.29, 0.717) is 28.8 Å². The number of rotatable bonds is 7. The van der Waals surface area contributed by atoms with Crippen LogP contribution >= 0.6 is 22.0 Å². The predicted octanol–water partition coefficient (Wildman–Crippen LogP) is 6.53. The number of thiazole rings is 1. The predicted molar refractivity (Wildman–Crippen MR) is 213 cm³/mol. The van der Waals surface area contributed by atoms with Crippen molar-refractivity contribution in [3.63, 3.8) is 0 Å². The van der Waals surface area contributed by atoms with E-state index >= 15 is 0 Å². The lowest BCUT2D eigenvalue weighted by atomic mass is 10.1. The molecule has 0 bridgehead atoms. The highest BCUT2D eigenvalue weighted by Crippen LogP contribution is 2.47. The van der Waals surface area contributed by atoms with Gasteiger partial charge in [-0.25, -0.2) is 14.2 Å². The molecule has 2 saturated carbocycles. The number of fused-ring (bicyclic) bond motifs is 3. The van der Waals surface area contributed by atoms with Gasteiger partial charge in [0, 0.05) is 40.6 Å². The van der Waals surface area contributed by atoms with Crippen LogP contribution in [0.2, 0.25) is 0 Å². The van der Waals surface area contributed by atoms with Crippen molar-refractivity contribution in [1.82, 2.24) is 24.8 Å². The number of aromatic nitrogens is 1. The molecule has 3 fully saturated rings. The molecule has 3 N–H and O–H groups in total. The van der Waals surface area contributed by atoms with Gasteiger partial charge in [0.1, 0.15) is 29.5 Å². The van der Waals surface area contributed by atoms with Crippen LogP contribution in [-0.2, 0) is 32.2 Å². The van der Waals surface area contributed by atoms with Gasteiger partial charge in [0.05, 0.1) is 18.8 Å². The number of anilines is 1. The van der Waals surface area contributed by atoms with Gasteiger partial charge in [-0.15, -0.1) is 11.3 Å². The Bertz CT molecular complexity index is 2020. The van der Waals surface area contributed by atoms with E-state index in [1.807, 2.05) is 48.0 Å². The van der Waals surface area contributed by atoms with Gasteiger partial charge in [0.15, 0.2) is 5.13 Å². The zero-order valence-corrected chi connectivity index (χ0v) is 32.5. The lowest BCUT2D eigenvalue weighted by Crippen LogP contribution is -2.56. The van der Waals surface area contributed by atoms with E-state index in [4.69, 9.17) is 9.72 Å². The second-order valence-corrected chi connectivity index (χ2v) is 18.1. The molecule has 1 saturated heterocycles. The zero-order chi connectivity index (χ0) is 38.1. The molecule has 11 nitrogen and oxygen atoms in total. The molecular formula is C41H47FN6O5S2. The third-order valence-corrected chi connectivity index (χ3v) is 14.2. The summed E-state index contributed by atoms with van der Waals surface area (Å²) in [4.78, 5) is 64.5. The Hall–Kier alpha value is -4.56. The maximum Gasteiger partial charge on any atom is 0.410 e. The summed E-state index contributed by atoms with van der Waals surface area (Å²) >= 11 is 1.41. The standard InChI is InChI=1S/C41H47FN6O5S2/c1-2-55(30-18-19-30)46-38(51)41-21-28(41)15-9-4-3-5-10-17-33(43-39-44-34(25-54-39)26-12-7-6-8-13-26)37(50)48-23-29(20-35(48)36(49)45-41)53-40(52)47-22-27-14-11-16-32(42)31(27)24-47/h2,6-9,11-16,25,28-30,33,35H,3-5,10,17-24H2,1H3,(H,43,44)(H,45,49)(H,46,51)/b15-9-/t28-,29-,33+,35+,41-,55?/m1/s1. The first kappa shape index (κ1) is 37.4. The molecular weight excluding hydrogens is 740 g/mol. The van der Waals surface area contributed by atoms with Crippen LogP contribution in [-0.4, -0.2) is 79.5 Å². The third-order valence-electron chi connectivity index (χ3n) is 11.3. The average molecular weight is 787 g/mol. The van der Waals surface area contributed by atoms with Gasteiger partial charge in [-0.2, -0.15) is 0 Å². The van der Waals surface area contributed by atoms with Crippen molar-refractivity contribution in [2.24, 2.45) is 5.92 Å². The van der Waals surface area contributed by atoms with Crippen molar-refractivity contribution >= 4 is 56.3 Å². The fourth-order valence-electron chi connectivity index (χ4n) is 7.98. The minimum absolute atomic E-state index is 0.00157. The van der Waals surface area contributed by atoms with E-state index in [1.54, 1.807) is 12.1 Å². The molecule has 4 amide bonds. The van der Waals surface area contributed by atoms with E-state index in [0.717, 1.165) is 55.3 Å². The number of carbonyl (C=O) groups excluding carboxylic acids is 4. The smallest absolute Gasteiger partial charge is 0.410 e. The summed E-state index contributed by atoms with van der Waals surface area (Å²) < 4.78 is 23.7. The lowest BCUT2D eigenvalue weighted by molar-refractivity contribution is -0.140. The van der Waals surface area contributed by atoms with Crippen LogP contribution in [0.15, 0.2) is 66.1 Å². The van der Waals surface area contributed by atoms with Crippen LogP contribution in [0.3, 0.4) is 0 Å². The lowest BCUT2D eigenvalue weighted by Gasteiger charge is -2.30. The Morgan fingerprint density at radius 2 is 1.91 bits per heavy atom. The van der Waals surface area contributed by atoms with Gasteiger partial charge in [-0.1, -0.05) is 78.1 Å². The molecule has 6 atom stereocenters. The summed E-state index contributed by atoms with van der Waals surface area (Å²) in [5.74, 6) is -1.48. The van der Waals surface area contributed by atoms with Crippen molar-refractivity contribution in [1.29, 1.82) is 0 Å². The number of hydrogen-bond donors (Lipinski definition) is 3. The second-order valence-electron chi connectivity index (χ2n) is 15.2. The number of ether oxygens (including phenoxy) is 1. The van der Waals surface area contributed by atoms with Crippen molar-refractivity contribution in [3.8, 4) is 11.3 Å². The topological polar surface area (TPSA) is 133 Å². The van der Waals surface area contributed by atoms with Gasteiger partial charge in [-0.3, -0.25) is 19.3 Å². The normalized spacial score (nSPS) is 27.8. The van der Waals surface area contributed by atoms with Crippen LogP contribution in [0.5, 0.6) is 0 Å². The Morgan fingerprint density at radius 1 is 1.07 bits per heavy atom. The first-order chi connectivity index (χ1) is 26.7. The minimum Gasteiger partial charge on any atom is -0.444 e. The number of amides is 4. The quantitative estimate of drug-likeness (QED) is 0.183. The SMILES string of the molecule is C/C=S(/NC(=O)[C@@]12C[C@H]1/C=C\CCCCC[C@H](Nc1nc(-c3ccccc3)cs1)C(=O)N1C[C@H](OC(=O)N3Cc4cccc(F)c4C3)C[C@H]1C(=O)N2)C1CC1. The molecule has 55 heavy (non-hydrogen) atoms. The second kappa shape index (κ2) is 15.9.